The monoisotopic (exact) mass is 428 g/mol. The van der Waals surface area contributed by atoms with E-state index in [1.165, 1.54) is 4.90 Å². The Morgan fingerprint density at radius 2 is 1.50 bits per heavy atom. The molecule has 0 saturated carbocycles. The number of ether oxygens (including phenoxy) is 1. The van der Waals surface area contributed by atoms with Crippen molar-refractivity contribution < 1.29 is 19.2 Å². The maximum atomic E-state index is 13.5. The standard InChI is InChI=1S/C26H24N2O4/c1-2-31-21-15-13-19(14-16-21)23-22-24(32-28(23)20-11-7-4-8-12-20)26(30)27(25(22)29)17-18-9-5-3-6-10-18/h3-16,22-24H,2,17H2,1H3/t22-,23+,24+/m0/s1. The van der Waals surface area contributed by atoms with Crippen LogP contribution in [0.3, 0.4) is 0 Å². The van der Waals surface area contributed by atoms with Gasteiger partial charge in [0.2, 0.25) is 5.91 Å². The molecule has 2 fully saturated rings. The van der Waals surface area contributed by atoms with Crippen LogP contribution >= 0.6 is 0 Å². The van der Waals surface area contributed by atoms with Gasteiger partial charge in [0.25, 0.3) is 5.91 Å². The van der Waals surface area contributed by atoms with E-state index in [4.69, 9.17) is 9.57 Å². The summed E-state index contributed by atoms with van der Waals surface area (Å²) in [6, 6.07) is 26.3. The highest BCUT2D eigenvalue weighted by Crippen LogP contribution is 2.47. The van der Waals surface area contributed by atoms with Crippen LogP contribution in [-0.2, 0) is 21.0 Å². The van der Waals surface area contributed by atoms with Gasteiger partial charge in [-0.2, -0.15) is 0 Å². The number of fused-ring (bicyclic) bond motifs is 1. The Hall–Kier alpha value is -3.64. The molecule has 162 valence electrons. The number of carbonyl (C=O) groups excluding carboxylic acids is 2. The molecule has 3 aromatic rings. The molecule has 0 N–H and O–H groups in total. The fraction of sp³-hybridized carbons (Fsp3) is 0.231. The van der Waals surface area contributed by atoms with E-state index in [0.29, 0.717) is 6.61 Å². The number of rotatable bonds is 6. The van der Waals surface area contributed by atoms with E-state index in [1.54, 1.807) is 5.06 Å². The third-order valence-corrected chi connectivity index (χ3v) is 5.93. The fourth-order valence-corrected chi connectivity index (χ4v) is 4.46. The third-order valence-electron chi connectivity index (χ3n) is 5.93. The number of hydrogen-bond donors (Lipinski definition) is 0. The Labute approximate surface area is 186 Å². The number of carbonyl (C=O) groups is 2. The molecule has 0 aromatic heterocycles. The normalized spacial score (nSPS) is 22.3. The van der Waals surface area contributed by atoms with Crippen molar-refractivity contribution in [2.75, 3.05) is 11.7 Å². The quantitative estimate of drug-likeness (QED) is 0.553. The molecule has 0 radical (unpaired) electrons. The predicted octanol–water partition coefficient (Wildman–Crippen LogP) is 4.13. The number of imide groups is 1. The van der Waals surface area contributed by atoms with Crippen molar-refractivity contribution in [3.8, 4) is 5.75 Å². The van der Waals surface area contributed by atoms with E-state index >= 15 is 0 Å². The summed E-state index contributed by atoms with van der Waals surface area (Å²) in [5, 5.41) is 1.71. The molecule has 0 spiro atoms. The highest BCUT2D eigenvalue weighted by Gasteiger charge is 2.59. The number of benzene rings is 3. The zero-order chi connectivity index (χ0) is 22.1. The van der Waals surface area contributed by atoms with Gasteiger partial charge in [-0.3, -0.25) is 19.3 Å². The molecule has 2 amide bonds. The van der Waals surface area contributed by atoms with Crippen LogP contribution in [0.2, 0.25) is 0 Å². The number of hydrogen-bond acceptors (Lipinski definition) is 5. The summed E-state index contributed by atoms with van der Waals surface area (Å²) >= 11 is 0. The summed E-state index contributed by atoms with van der Waals surface area (Å²) < 4.78 is 5.57. The SMILES string of the molecule is CCOc1ccc([C@@H]2[C@@H]3C(=O)N(Cc4ccccc4)C(=O)[C@@H]3ON2c2ccccc2)cc1. The molecule has 0 bridgehead atoms. The highest BCUT2D eigenvalue weighted by atomic mass is 16.7. The molecule has 3 atom stereocenters. The number of nitrogens with zero attached hydrogens (tertiary/aromatic N) is 2. The van der Waals surface area contributed by atoms with Crippen LogP contribution < -0.4 is 9.80 Å². The van der Waals surface area contributed by atoms with Crippen LogP contribution in [0.1, 0.15) is 24.1 Å². The largest absolute Gasteiger partial charge is 0.494 e. The van der Waals surface area contributed by atoms with Gasteiger partial charge < -0.3 is 4.74 Å². The molecule has 2 saturated heterocycles. The molecule has 5 rings (SSSR count). The van der Waals surface area contributed by atoms with Crippen molar-refractivity contribution in [3.05, 3.63) is 96.1 Å². The fourth-order valence-electron chi connectivity index (χ4n) is 4.46. The summed E-state index contributed by atoms with van der Waals surface area (Å²) in [5.41, 5.74) is 2.61. The summed E-state index contributed by atoms with van der Waals surface area (Å²) in [6.45, 7) is 2.76. The van der Waals surface area contributed by atoms with E-state index < -0.39 is 18.1 Å². The number of amides is 2. The van der Waals surface area contributed by atoms with Gasteiger partial charge in [0, 0.05) is 0 Å². The summed E-state index contributed by atoms with van der Waals surface area (Å²) in [6.07, 6.45) is -0.844. The van der Waals surface area contributed by atoms with Crippen molar-refractivity contribution in [1.29, 1.82) is 0 Å². The Kier molecular flexibility index (Phi) is 5.37. The molecule has 0 aliphatic carbocycles. The first-order valence-corrected chi connectivity index (χ1v) is 10.8. The van der Waals surface area contributed by atoms with Crippen molar-refractivity contribution in [2.24, 2.45) is 5.92 Å². The lowest BCUT2D eigenvalue weighted by Gasteiger charge is -2.28. The molecule has 2 heterocycles. The Morgan fingerprint density at radius 3 is 2.16 bits per heavy atom. The lowest BCUT2D eigenvalue weighted by molar-refractivity contribution is -0.143. The first-order chi connectivity index (χ1) is 15.7. The highest BCUT2D eigenvalue weighted by molar-refractivity contribution is 6.07. The van der Waals surface area contributed by atoms with Crippen molar-refractivity contribution >= 4 is 17.5 Å². The maximum Gasteiger partial charge on any atom is 0.262 e. The topological polar surface area (TPSA) is 59.1 Å². The second-order valence-corrected chi connectivity index (χ2v) is 7.91. The zero-order valence-corrected chi connectivity index (χ0v) is 17.8. The van der Waals surface area contributed by atoms with E-state index in [0.717, 1.165) is 22.6 Å². The molecule has 6 heteroatoms. The van der Waals surface area contributed by atoms with E-state index in [1.807, 2.05) is 91.9 Å². The van der Waals surface area contributed by atoms with Crippen LogP contribution in [0.25, 0.3) is 0 Å². The molecular formula is C26H24N2O4. The van der Waals surface area contributed by atoms with Gasteiger partial charge in [0.1, 0.15) is 11.7 Å². The molecule has 6 nitrogen and oxygen atoms in total. The Balaban J connectivity index is 1.50. The number of anilines is 1. The number of likely N-dealkylation sites (tertiary alicyclic amines) is 1. The lowest BCUT2D eigenvalue weighted by atomic mass is 9.90. The second-order valence-electron chi connectivity index (χ2n) is 7.91. The van der Waals surface area contributed by atoms with Crippen molar-refractivity contribution in [3.63, 3.8) is 0 Å². The molecule has 32 heavy (non-hydrogen) atoms. The molecular weight excluding hydrogens is 404 g/mol. The van der Waals surface area contributed by atoms with Crippen molar-refractivity contribution in [2.45, 2.75) is 25.6 Å². The third kappa shape index (κ3) is 3.52. The van der Waals surface area contributed by atoms with Gasteiger partial charge in [0.15, 0.2) is 6.10 Å². The van der Waals surface area contributed by atoms with Gasteiger partial charge in [0.05, 0.1) is 24.9 Å². The van der Waals surface area contributed by atoms with Crippen molar-refractivity contribution in [1.82, 2.24) is 4.90 Å². The number of para-hydroxylation sites is 1. The summed E-state index contributed by atoms with van der Waals surface area (Å²) in [5.74, 6) is -0.360. The average Bonchev–Trinajstić information content (AvgIpc) is 3.33. The summed E-state index contributed by atoms with van der Waals surface area (Å²) in [4.78, 5) is 34.2. The van der Waals surface area contributed by atoms with Crippen LogP contribution in [0.5, 0.6) is 5.75 Å². The summed E-state index contributed by atoms with van der Waals surface area (Å²) in [7, 11) is 0. The van der Waals surface area contributed by atoms with Crippen LogP contribution in [0.4, 0.5) is 5.69 Å². The van der Waals surface area contributed by atoms with Crippen LogP contribution in [0.15, 0.2) is 84.9 Å². The van der Waals surface area contributed by atoms with E-state index in [2.05, 4.69) is 0 Å². The molecule has 2 aliphatic rings. The first-order valence-electron chi connectivity index (χ1n) is 10.8. The minimum absolute atomic E-state index is 0.207. The van der Waals surface area contributed by atoms with Crippen LogP contribution in [-0.4, -0.2) is 29.4 Å². The maximum absolute atomic E-state index is 13.5. The zero-order valence-electron chi connectivity index (χ0n) is 17.8. The van der Waals surface area contributed by atoms with Gasteiger partial charge in [-0.15, -0.1) is 0 Å². The lowest BCUT2D eigenvalue weighted by Crippen LogP contribution is -2.36. The van der Waals surface area contributed by atoms with Crippen LogP contribution in [0, 0.1) is 5.92 Å². The first kappa shape index (κ1) is 20.3. The predicted molar refractivity (Wildman–Crippen MR) is 120 cm³/mol. The minimum atomic E-state index is -0.844. The molecule has 2 aliphatic heterocycles. The number of hydroxylamine groups is 1. The Bertz CT molecular complexity index is 1100. The smallest absolute Gasteiger partial charge is 0.262 e. The van der Waals surface area contributed by atoms with Gasteiger partial charge >= 0.3 is 0 Å². The molecule has 0 unspecified atom stereocenters. The minimum Gasteiger partial charge on any atom is -0.494 e. The van der Waals surface area contributed by atoms with Gasteiger partial charge in [-0.25, -0.2) is 5.06 Å². The second kappa shape index (κ2) is 8.48. The van der Waals surface area contributed by atoms with Gasteiger partial charge in [-0.05, 0) is 42.3 Å². The average molecular weight is 428 g/mol. The van der Waals surface area contributed by atoms with E-state index in [-0.39, 0.29) is 18.4 Å². The van der Waals surface area contributed by atoms with Gasteiger partial charge in [-0.1, -0.05) is 60.7 Å². The molecule has 3 aromatic carbocycles. The van der Waals surface area contributed by atoms with E-state index in [9.17, 15) is 9.59 Å². The Morgan fingerprint density at radius 1 is 0.844 bits per heavy atom.